The van der Waals surface area contributed by atoms with Crippen LogP contribution >= 0.6 is 11.3 Å². The number of aryl methyl sites for hydroxylation is 2. The Morgan fingerprint density at radius 2 is 2.00 bits per heavy atom. The fourth-order valence-corrected chi connectivity index (χ4v) is 3.33. The Morgan fingerprint density at radius 1 is 1.26 bits per heavy atom. The van der Waals surface area contributed by atoms with Crippen molar-refractivity contribution in [3.8, 4) is 0 Å². The van der Waals surface area contributed by atoms with Crippen LogP contribution < -0.4 is 5.32 Å². The average molecular weight is 275 g/mol. The molecule has 0 atom stereocenters. The molecule has 3 nitrogen and oxygen atoms in total. The molecule has 102 valence electrons. The topological polar surface area (TPSA) is 37.8 Å². The maximum absolute atomic E-state index is 4.83. The van der Waals surface area contributed by atoms with Crippen molar-refractivity contribution in [3.05, 3.63) is 16.3 Å². The van der Waals surface area contributed by atoms with E-state index in [9.17, 15) is 0 Å². The van der Waals surface area contributed by atoms with E-state index >= 15 is 0 Å². The molecule has 2 aromatic heterocycles. The van der Waals surface area contributed by atoms with Crippen LogP contribution in [0.5, 0.6) is 0 Å². The van der Waals surface area contributed by atoms with Gasteiger partial charge in [-0.25, -0.2) is 9.97 Å². The molecule has 1 aliphatic rings. The van der Waals surface area contributed by atoms with Crippen LogP contribution in [0.25, 0.3) is 10.2 Å². The van der Waals surface area contributed by atoms with Gasteiger partial charge in [0, 0.05) is 16.8 Å². The molecule has 0 aromatic carbocycles. The summed E-state index contributed by atoms with van der Waals surface area (Å²) in [6.07, 6.45) is 3.55. The van der Waals surface area contributed by atoms with Gasteiger partial charge in [-0.1, -0.05) is 13.8 Å². The molecule has 0 spiro atoms. The second-order valence-corrected chi connectivity index (χ2v) is 7.05. The zero-order chi connectivity index (χ0) is 13.6. The minimum atomic E-state index is 0.225. The van der Waals surface area contributed by atoms with Crippen LogP contribution in [-0.2, 0) is 5.41 Å². The summed E-state index contributed by atoms with van der Waals surface area (Å²) in [6, 6.07) is 0. The van der Waals surface area contributed by atoms with Gasteiger partial charge < -0.3 is 5.32 Å². The van der Waals surface area contributed by atoms with Crippen LogP contribution in [0, 0.1) is 13.8 Å². The summed E-state index contributed by atoms with van der Waals surface area (Å²) < 4.78 is 0. The fraction of sp³-hybridized carbons (Fsp3) is 0.600. The SMILES string of the molecule is CCCNc1nc(C2(C)CC2)nc2sc(C)c(C)c12. The quantitative estimate of drug-likeness (QED) is 0.909. The first-order chi connectivity index (χ1) is 9.05. The zero-order valence-electron chi connectivity index (χ0n) is 12.1. The van der Waals surface area contributed by atoms with Gasteiger partial charge in [0.25, 0.3) is 0 Å². The Labute approximate surface area is 118 Å². The van der Waals surface area contributed by atoms with Crippen molar-refractivity contribution in [2.45, 2.75) is 52.4 Å². The molecule has 4 heteroatoms. The van der Waals surface area contributed by atoms with Gasteiger partial charge in [-0.3, -0.25) is 0 Å². The highest BCUT2D eigenvalue weighted by Gasteiger charge is 2.42. The maximum Gasteiger partial charge on any atom is 0.138 e. The molecule has 0 radical (unpaired) electrons. The van der Waals surface area contributed by atoms with Crippen molar-refractivity contribution in [2.75, 3.05) is 11.9 Å². The van der Waals surface area contributed by atoms with Crippen molar-refractivity contribution in [3.63, 3.8) is 0 Å². The normalized spacial score (nSPS) is 16.8. The van der Waals surface area contributed by atoms with E-state index in [-0.39, 0.29) is 5.41 Å². The third kappa shape index (κ3) is 2.12. The number of hydrogen-bond donors (Lipinski definition) is 1. The summed E-state index contributed by atoms with van der Waals surface area (Å²) in [5, 5.41) is 4.71. The number of fused-ring (bicyclic) bond motifs is 1. The lowest BCUT2D eigenvalue weighted by Gasteiger charge is -2.12. The van der Waals surface area contributed by atoms with E-state index in [4.69, 9.17) is 9.97 Å². The van der Waals surface area contributed by atoms with E-state index in [1.807, 2.05) is 0 Å². The summed E-state index contributed by atoms with van der Waals surface area (Å²) >= 11 is 1.79. The molecule has 1 saturated carbocycles. The molecule has 3 rings (SSSR count). The molecule has 0 unspecified atom stereocenters. The molecule has 2 aromatic rings. The second-order valence-electron chi connectivity index (χ2n) is 5.85. The van der Waals surface area contributed by atoms with Crippen LogP contribution in [0.1, 0.15) is 49.4 Å². The molecule has 1 fully saturated rings. The van der Waals surface area contributed by atoms with Crippen molar-refractivity contribution >= 4 is 27.4 Å². The first-order valence-corrected chi connectivity index (χ1v) is 7.89. The Morgan fingerprint density at radius 3 is 2.63 bits per heavy atom. The molecule has 0 saturated heterocycles. The van der Waals surface area contributed by atoms with E-state index in [2.05, 4.69) is 33.0 Å². The number of rotatable bonds is 4. The van der Waals surface area contributed by atoms with Gasteiger partial charge in [0.05, 0.1) is 5.39 Å². The lowest BCUT2D eigenvalue weighted by molar-refractivity contribution is 0.716. The van der Waals surface area contributed by atoms with E-state index in [0.29, 0.717) is 0 Å². The van der Waals surface area contributed by atoms with Crippen molar-refractivity contribution in [1.29, 1.82) is 0 Å². The number of anilines is 1. The van der Waals surface area contributed by atoms with Crippen LogP contribution in [0.2, 0.25) is 0 Å². The molecular formula is C15H21N3S. The summed E-state index contributed by atoms with van der Waals surface area (Å²) in [7, 11) is 0. The van der Waals surface area contributed by atoms with Gasteiger partial charge >= 0.3 is 0 Å². The van der Waals surface area contributed by atoms with E-state index in [0.717, 1.165) is 29.4 Å². The monoisotopic (exact) mass is 275 g/mol. The Bertz CT molecular complexity index is 626. The largest absolute Gasteiger partial charge is 0.369 e. The van der Waals surface area contributed by atoms with E-state index in [1.54, 1.807) is 11.3 Å². The zero-order valence-corrected chi connectivity index (χ0v) is 12.9. The predicted molar refractivity (Wildman–Crippen MR) is 82.3 cm³/mol. The lowest BCUT2D eigenvalue weighted by atomic mass is 10.1. The highest BCUT2D eigenvalue weighted by atomic mass is 32.1. The van der Waals surface area contributed by atoms with Gasteiger partial charge in [0.2, 0.25) is 0 Å². The van der Waals surface area contributed by atoms with Gasteiger partial charge in [-0.2, -0.15) is 0 Å². The summed E-state index contributed by atoms with van der Waals surface area (Å²) in [5.74, 6) is 2.07. The number of hydrogen-bond acceptors (Lipinski definition) is 4. The molecule has 19 heavy (non-hydrogen) atoms. The fourth-order valence-electron chi connectivity index (χ4n) is 2.30. The van der Waals surface area contributed by atoms with Gasteiger partial charge in [-0.05, 0) is 38.7 Å². The number of thiophene rings is 1. The van der Waals surface area contributed by atoms with Crippen LogP contribution in [0.3, 0.4) is 0 Å². The summed E-state index contributed by atoms with van der Waals surface area (Å²) in [5.41, 5.74) is 1.55. The van der Waals surface area contributed by atoms with E-state index in [1.165, 1.54) is 28.7 Å². The van der Waals surface area contributed by atoms with Crippen LogP contribution in [0.4, 0.5) is 5.82 Å². The first-order valence-electron chi connectivity index (χ1n) is 7.07. The molecular weight excluding hydrogens is 254 g/mol. The van der Waals surface area contributed by atoms with Crippen molar-refractivity contribution < 1.29 is 0 Å². The standard InChI is InChI=1S/C15H21N3S/c1-5-8-16-12-11-9(2)10(3)19-13(11)18-14(17-12)15(4)6-7-15/h5-8H2,1-4H3,(H,16,17,18). The molecule has 1 aliphatic carbocycles. The van der Waals surface area contributed by atoms with Crippen LogP contribution in [0.15, 0.2) is 0 Å². The minimum absolute atomic E-state index is 0.225. The van der Waals surface area contributed by atoms with Gasteiger partial charge in [0.1, 0.15) is 16.5 Å². The Balaban J connectivity index is 2.17. The first kappa shape index (κ1) is 12.9. The highest BCUT2D eigenvalue weighted by molar-refractivity contribution is 7.18. The van der Waals surface area contributed by atoms with Gasteiger partial charge in [0.15, 0.2) is 0 Å². The van der Waals surface area contributed by atoms with Crippen molar-refractivity contribution in [1.82, 2.24) is 9.97 Å². The molecule has 0 aliphatic heterocycles. The third-order valence-corrected chi connectivity index (χ3v) is 5.21. The Kier molecular flexibility index (Phi) is 3.01. The maximum atomic E-state index is 4.83. The summed E-state index contributed by atoms with van der Waals surface area (Å²) in [4.78, 5) is 12.2. The second kappa shape index (κ2) is 4.44. The average Bonchev–Trinajstić information content (AvgIpc) is 3.07. The number of aromatic nitrogens is 2. The Hall–Kier alpha value is -1.16. The third-order valence-electron chi connectivity index (χ3n) is 4.11. The highest BCUT2D eigenvalue weighted by Crippen LogP contribution is 2.47. The molecule has 0 bridgehead atoms. The van der Waals surface area contributed by atoms with Crippen LogP contribution in [-0.4, -0.2) is 16.5 Å². The molecule has 1 N–H and O–H groups in total. The smallest absolute Gasteiger partial charge is 0.138 e. The molecule has 0 amide bonds. The number of nitrogens with zero attached hydrogens (tertiary/aromatic N) is 2. The molecule has 2 heterocycles. The number of nitrogens with one attached hydrogen (secondary N) is 1. The van der Waals surface area contributed by atoms with Crippen molar-refractivity contribution in [2.24, 2.45) is 0 Å². The minimum Gasteiger partial charge on any atom is -0.369 e. The van der Waals surface area contributed by atoms with Gasteiger partial charge in [-0.15, -0.1) is 11.3 Å². The predicted octanol–water partition coefficient (Wildman–Crippen LogP) is 4.18. The summed E-state index contributed by atoms with van der Waals surface area (Å²) in [6.45, 7) is 9.76. The van der Waals surface area contributed by atoms with E-state index < -0.39 is 0 Å². The lowest BCUT2D eigenvalue weighted by Crippen LogP contribution is -2.11.